The van der Waals surface area contributed by atoms with Crippen molar-refractivity contribution < 1.29 is 19.2 Å². The van der Waals surface area contributed by atoms with E-state index in [-0.39, 0.29) is 0 Å². The fraction of sp³-hybridized carbons (Fsp3) is 0.545. The number of nitrogens with two attached hydrogens (primary N) is 1. The van der Waals surface area contributed by atoms with Gasteiger partial charge in [-0.05, 0) is 44.2 Å². The Hall–Kier alpha value is -2.54. The highest BCUT2D eigenvalue weighted by Gasteiger charge is 2.45. The summed E-state index contributed by atoms with van der Waals surface area (Å²) in [4.78, 5) is 32.3. The van der Waals surface area contributed by atoms with Gasteiger partial charge in [0.1, 0.15) is 5.60 Å². The lowest BCUT2D eigenvalue weighted by Crippen LogP contribution is -2.53. The summed E-state index contributed by atoms with van der Waals surface area (Å²) in [6.07, 6.45) is 6.77. The van der Waals surface area contributed by atoms with Gasteiger partial charge in [-0.1, -0.05) is 36.2 Å². The number of nitrogens with zero attached hydrogens (tertiary/aromatic N) is 1. The minimum Gasteiger partial charge on any atom is -0.433 e. The number of likely N-dealkylation sites (tertiary alicyclic amines) is 1. The predicted molar refractivity (Wildman–Crippen MR) is 108 cm³/mol. The Labute approximate surface area is 171 Å². The van der Waals surface area contributed by atoms with Gasteiger partial charge in [0.2, 0.25) is 0 Å². The number of hydrogen-bond donors (Lipinski definition) is 2. The second kappa shape index (κ2) is 7.71. The molecular weight excluding hydrogens is 370 g/mol. The van der Waals surface area contributed by atoms with Gasteiger partial charge in [0.25, 0.3) is 5.91 Å². The Morgan fingerprint density at radius 1 is 1.07 bits per heavy atom. The van der Waals surface area contributed by atoms with Crippen LogP contribution < -0.4 is 11.2 Å². The Morgan fingerprint density at radius 2 is 1.72 bits per heavy atom. The SMILES string of the molecule is Cc1ccc(C2=CC3(CCN(C(=O)OC4(C(N)=O)CCCCC4)CC3)ON2)cc1. The van der Waals surface area contributed by atoms with E-state index in [0.29, 0.717) is 38.8 Å². The summed E-state index contributed by atoms with van der Waals surface area (Å²) in [6.45, 7) is 3.07. The lowest BCUT2D eigenvalue weighted by molar-refractivity contribution is -0.142. The number of hydroxylamine groups is 1. The number of piperidine rings is 1. The molecule has 7 heteroatoms. The monoisotopic (exact) mass is 399 g/mol. The number of hydrogen-bond acceptors (Lipinski definition) is 5. The summed E-state index contributed by atoms with van der Waals surface area (Å²) >= 11 is 0. The van der Waals surface area contributed by atoms with Crippen LogP contribution in [0.2, 0.25) is 0 Å². The first-order chi connectivity index (χ1) is 13.9. The van der Waals surface area contributed by atoms with Crippen molar-refractivity contribution in [3.63, 3.8) is 0 Å². The first-order valence-corrected chi connectivity index (χ1v) is 10.4. The molecule has 1 aromatic carbocycles. The van der Waals surface area contributed by atoms with Gasteiger partial charge in [-0.3, -0.25) is 15.1 Å². The van der Waals surface area contributed by atoms with Gasteiger partial charge in [-0.15, -0.1) is 0 Å². The minimum atomic E-state index is -1.14. The van der Waals surface area contributed by atoms with E-state index in [1.54, 1.807) is 4.90 Å². The van der Waals surface area contributed by atoms with E-state index in [0.717, 1.165) is 30.5 Å². The van der Waals surface area contributed by atoms with Crippen LogP contribution in [0.4, 0.5) is 4.79 Å². The van der Waals surface area contributed by atoms with Crippen LogP contribution in [0.15, 0.2) is 30.3 Å². The van der Waals surface area contributed by atoms with Gasteiger partial charge >= 0.3 is 6.09 Å². The van der Waals surface area contributed by atoms with Crippen LogP contribution in [-0.2, 0) is 14.4 Å². The zero-order valence-electron chi connectivity index (χ0n) is 16.9. The molecule has 7 nitrogen and oxygen atoms in total. The summed E-state index contributed by atoms with van der Waals surface area (Å²) < 4.78 is 5.67. The highest BCUT2D eigenvalue weighted by molar-refractivity contribution is 5.86. The normalized spacial score (nSPS) is 22.7. The lowest BCUT2D eigenvalue weighted by atomic mass is 9.84. The van der Waals surface area contributed by atoms with Crippen molar-refractivity contribution in [2.24, 2.45) is 5.73 Å². The number of carbonyl (C=O) groups is 2. The molecule has 0 unspecified atom stereocenters. The van der Waals surface area contributed by atoms with Crippen molar-refractivity contribution >= 4 is 17.7 Å². The van der Waals surface area contributed by atoms with E-state index >= 15 is 0 Å². The van der Waals surface area contributed by atoms with Crippen LogP contribution in [0, 0.1) is 6.92 Å². The molecule has 0 radical (unpaired) electrons. The topological polar surface area (TPSA) is 93.9 Å². The Morgan fingerprint density at radius 3 is 2.34 bits per heavy atom. The molecule has 0 atom stereocenters. The zero-order valence-corrected chi connectivity index (χ0v) is 16.9. The molecule has 1 saturated carbocycles. The third-order valence-corrected chi connectivity index (χ3v) is 6.40. The van der Waals surface area contributed by atoms with E-state index in [1.807, 2.05) is 0 Å². The van der Waals surface area contributed by atoms with E-state index in [1.165, 1.54) is 5.56 Å². The number of rotatable bonds is 3. The highest BCUT2D eigenvalue weighted by Crippen LogP contribution is 2.36. The smallest absolute Gasteiger partial charge is 0.410 e. The average molecular weight is 399 g/mol. The second-order valence-electron chi connectivity index (χ2n) is 8.47. The molecule has 0 aromatic heterocycles. The number of ether oxygens (including phenoxy) is 1. The van der Waals surface area contributed by atoms with Crippen LogP contribution >= 0.6 is 0 Å². The fourth-order valence-corrected chi connectivity index (χ4v) is 4.42. The van der Waals surface area contributed by atoms with Crippen LogP contribution in [0.1, 0.15) is 56.1 Å². The van der Waals surface area contributed by atoms with Gasteiger partial charge in [0.05, 0.1) is 5.70 Å². The van der Waals surface area contributed by atoms with Crippen LogP contribution in [-0.4, -0.2) is 41.2 Å². The number of carbonyl (C=O) groups excluding carboxylic acids is 2. The number of aryl methyl sites for hydroxylation is 1. The van der Waals surface area contributed by atoms with E-state index in [2.05, 4.69) is 42.7 Å². The lowest BCUT2D eigenvalue weighted by Gasteiger charge is -2.39. The number of primary amides is 1. The summed E-state index contributed by atoms with van der Waals surface area (Å²) in [5, 5.41) is 0. The number of benzene rings is 1. The average Bonchev–Trinajstić information content (AvgIpc) is 3.13. The standard InChI is InChI=1S/C22H29N3O4/c1-16-5-7-17(8-6-16)18-15-21(29-24-18)11-13-25(14-12-21)20(27)28-22(19(23)26)9-3-2-4-10-22/h5-8,15,24H,2-4,9-14H2,1H3,(H2,23,26). The van der Waals surface area contributed by atoms with Gasteiger partial charge in [0, 0.05) is 25.9 Å². The Balaban J connectivity index is 1.38. The highest BCUT2D eigenvalue weighted by atomic mass is 16.7. The van der Waals surface area contributed by atoms with Crippen LogP contribution in [0.25, 0.3) is 5.70 Å². The molecule has 2 aliphatic heterocycles. The third kappa shape index (κ3) is 3.96. The van der Waals surface area contributed by atoms with Crippen molar-refractivity contribution in [2.75, 3.05) is 13.1 Å². The third-order valence-electron chi connectivity index (χ3n) is 6.40. The molecule has 3 N–H and O–H groups in total. The maximum Gasteiger partial charge on any atom is 0.410 e. The molecule has 4 rings (SSSR count). The molecule has 1 saturated heterocycles. The van der Waals surface area contributed by atoms with Gasteiger partial charge in [-0.25, -0.2) is 4.79 Å². The van der Waals surface area contributed by atoms with Crippen molar-refractivity contribution in [2.45, 2.75) is 63.1 Å². The number of amides is 2. The van der Waals surface area contributed by atoms with Crippen LogP contribution in [0.3, 0.4) is 0 Å². The molecule has 2 amide bonds. The molecule has 156 valence electrons. The minimum absolute atomic E-state index is 0.427. The zero-order chi connectivity index (χ0) is 20.5. The van der Waals surface area contributed by atoms with E-state index in [9.17, 15) is 9.59 Å². The first-order valence-electron chi connectivity index (χ1n) is 10.4. The maximum absolute atomic E-state index is 12.7. The molecule has 2 heterocycles. The summed E-state index contributed by atoms with van der Waals surface area (Å²) in [7, 11) is 0. The van der Waals surface area contributed by atoms with Crippen molar-refractivity contribution in [1.29, 1.82) is 0 Å². The maximum atomic E-state index is 12.7. The molecule has 1 aromatic rings. The molecule has 1 spiro atoms. The quantitative estimate of drug-likeness (QED) is 0.815. The Bertz CT molecular complexity index is 804. The largest absolute Gasteiger partial charge is 0.433 e. The first kappa shape index (κ1) is 19.8. The second-order valence-corrected chi connectivity index (χ2v) is 8.47. The van der Waals surface area contributed by atoms with Gasteiger partial charge < -0.3 is 15.4 Å². The van der Waals surface area contributed by atoms with Gasteiger partial charge in [-0.2, -0.15) is 0 Å². The summed E-state index contributed by atoms with van der Waals surface area (Å²) in [6, 6.07) is 8.27. The van der Waals surface area contributed by atoms with Crippen molar-refractivity contribution in [3.8, 4) is 0 Å². The van der Waals surface area contributed by atoms with Crippen molar-refractivity contribution in [1.82, 2.24) is 10.4 Å². The van der Waals surface area contributed by atoms with E-state index < -0.39 is 23.2 Å². The van der Waals surface area contributed by atoms with Crippen molar-refractivity contribution in [3.05, 3.63) is 41.5 Å². The Kier molecular flexibility index (Phi) is 5.25. The van der Waals surface area contributed by atoms with Crippen LogP contribution in [0.5, 0.6) is 0 Å². The molecular formula is C22H29N3O4. The fourth-order valence-electron chi connectivity index (χ4n) is 4.42. The molecule has 0 bridgehead atoms. The summed E-state index contributed by atoms with van der Waals surface area (Å²) in [5.41, 5.74) is 10.3. The molecule has 3 aliphatic rings. The predicted octanol–water partition coefficient (Wildman–Crippen LogP) is 3.03. The molecule has 1 aliphatic carbocycles. The summed E-state index contributed by atoms with van der Waals surface area (Å²) in [5.74, 6) is -0.534. The molecule has 29 heavy (non-hydrogen) atoms. The number of nitrogens with one attached hydrogen (secondary N) is 1. The van der Waals surface area contributed by atoms with E-state index in [4.69, 9.17) is 15.3 Å². The van der Waals surface area contributed by atoms with Gasteiger partial charge in [0.15, 0.2) is 5.60 Å². The molecule has 2 fully saturated rings.